The molecule has 0 saturated heterocycles. The van der Waals surface area contributed by atoms with Crippen LogP contribution in [0.5, 0.6) is 0 Å². The molecule has 0 radical (unpaired) electrons. The summed E-state index contributed by atoms with van der Waals surface area (Å²) < 4.78 is 30.9. The van der Waals surface area contributed by atoms with Crippen LogP contribution in [0, 0.1) is 5.92 Å². The van der Waals surface area contributed by atoms with Crippen molar-refractivity contribution in [3.63, 3.8) is 0 Å². The molecular formula is C12H26N2O3S. The van der Waals surface area contributed by atoms with Gasteiger partial charge in [0.2, 0.25) is 10.0 Å². The van der Waals surface area contributed by atoms with E-state index >= 15 is 0 Å². The first-order chi connectivity index (χ1) is 8.53. The van der Waals surface area contributed by atoms with Crippen LogP contribution in [0.3, 0.4) is 0 Å². The van der Waals surface area contributed by atoms with Crippen molar-refractivity contribution >= 4 is 10.0 Å². The van der Waals surface area contributed by atoms with E-state index in [1.165, 1.54) is 12.8 Å². The van der Waals surface area contributed by atoms with Crippen molar-refractivity contribution in [3.05, 3.63) is 0 Å². The molecule has 1 aliphatic rings. The quantitative estimate of drug-likeness (QED) is 0.547. The number of unbranched alkanes of at least 4 members (excludes halogenated alkanes) is 1. The van der Waals surface area contributed by atoms with Gasteiger partial charge >= 0.3 is 0 Å². The summed E-state index contributed by atoms with van der Waals surface area (Å²) in [5, 5.41) is 3.38. The molecule has 108 valence electrons. The van der Waals surface area contributed by atoms with Crippen LogP contribution < -0.4 is 10.0 Å². The van der Waals surface area contributed by atoms with E-state index in [-0.39, 0.29) is 11.7 Å². The Hall–Kier alpha value is -0.170. The molecule has 18 heavy (non-hydrogen) atoms. The monoisotopic (exact) mass is 278 g/mol. The molecule has 0 aromatic carbocycles. The van der Waals surface area contributed by atoms with Crippen LogP contribution in [0.1, 0.15) is 32.6 Å². The maximum atomic E-state index is 11.7. The van der Waals surface area contributed by atoms with Gasteiger partial charge in [0.15, 0.2) is 0 Å². The van der Waals surface area contributed by atoms with Gasteiger partial charge in [0.05, 0.1) is 5.75 Å². The third kappa shape index (κ3) is 8.02. The van der Waals surface area contributed by atoms with E-state index in [2.05, 4.69) is 10.0 Å². The highest BCUT2D eigenvalue weighted by Gasteiger charge is 2.19. The van der Waals surface area contributed by atoms with Crippen molar-refractivity contribution in [1.29, 1.82) is 0 Å². The van der Waals surface area contributed by atoms with Gasteiger partial charge in [0, 0.05) is 26.3 Å². The lowest BCUT2D eigenvalue weighted by molar-refractivity contribution is 0.161. The molecule has 1 unspecified atom stereocenters. The van der Waals surface area contributed by atoms with Crippen molar-refractivity contribution in [2.75, 3.05) is 32.6 Å². The van der Waals surface area contributed by atoms with Crippen LogP contribution in [0.15, 0.2) is 0 Å². The van der Waals surface area contributed by atoms with Gasteiger partial charge in [-0.15, -0.1) is 0 Å². The molecule has 1 atom stereocenters. The molecular weight excluding hydrogens is 252 g/mol. The summed E-state index contributed by atoms with van der Waals surface area (Å²) >= 11 is 0. The van der Waals surface area contributed by atoms with Gasteiger partial charge in [-0.05, 0) is 38.1 Å². The fourth-order valence-electron chi connectivity index (χ4n) is 1.70. The minimum atomic E-state index is -3.11. The fourth-order valence-corrected chi connectivity index (χ4v) is 2.96. The van der Waals surface area contributed by atoms with Crippen molar-refractivity contribution < 1.29 is 13.2 Å². The highest BCUT2D eigenvalue weighted by molar-refractivity contribution is 7.89. The summed E-state index contributed by atoms with van der Waals surface area (Å²) in [6.07, 6.45) is 4.19. The van der Waals surface area contributed by atoms with E-state index < -0.39 is 10.0 Å². The molecule has 1 aliphatic carbocycles. The maximum Gasteiger partial charge on any atom is 0.211 e. The molecule has 5 nitrogen and oxygen atoms in total. The largest absolute Gasteiger partial charge is 0.384 e. The Morgan fingerprint density at radius 3 is 2.67 bits per heavy atom. The predicted octanol–water partition coefficient (Wildman–Crippen LogP) is 0.721. The lowest BCUT2D eigenvalue weighted by Crippen LogP contribution is -2.32. The van der Waals surface area contributed by atoms with Gasteiger partial charge in [-0.25, -0.2) is 13.1 Å². The van der Waals surface area contributed by atoms with Crippen molar-refractivity contribution in [1.82, 2.24) is 10.0 Å². The fraction of sp³-hybridized carbons (Fsp3) is 1.00. The lowest BCUT2D eigenvalue weighted by atomic mass is 10.2. The second-order valence-electron chi connectivity index (χ2n) is 5.16. The third-order valence-corrected chi connectivity index (χ3v) is 4.39. The smallest absolute Gasteiger partial charge is 0.211 e. The number of nitrogens with one attached hydrogen (secondary N) is 2. The number of rotatable bonds is 11. The Balaban J connectivity index is 2.02. The minimum absolute atomic E-state index is 0.210. The van der Waals surface area contributed by atoms with E-state index in [0.29, 0.717) is 25.6 Å². The molecule has 0 aliphatic heterocycles. The van der Waals surface area contributed by atoms with E-state index in [1.54, 1.807) is 7.11 Å². The first-order valence-electron chi connectivity index (χ1n) is 6.73. The second-order valence-corrected chi connectivity index (χ2v) is 7.09. The minimum Gasteiger partial charge on any atom is -0.384 e. The van der Waals surface area contributed by atoms with Gasteiger partial charge in [-0.1, -0.05) is 6.92 Å². The summed E-state index contributed by atoms with van der Waals surface area (Å²) in [4.78, 5) is 0. The highest BCUT2D eigenvalue weighted by atomic mass is 32.2. The first-order valence-corrected chi connectivity index (χ1v) is 8.38. The average molecular weight is 278 g/mol. The summed E-state index contributed by atoms with van der Waals surface area (Å²) in [6, 6.07) is 0.703. The van der Waals surface area contributed by atoms with Gasteiger partial charge in [-0.3, -0.25) is 0 Å². The van der Waals surface area contributed by atoms with E-state index in [1.807, 2.05) is 6.92 Å². The third-order valence-electron chi connectivity index (χ3n) is 2.95. The van der Waals surface area contributed by atoms with E-state index in [4.69, 9.17) is 4.74 Å². The van der Waals surface area contributed by atoms with Crippen molar-refractivity contribution in [2.45, 2.75) is 38.6 Å². The van der Waals surface area contributed by atoms with Gasteiger partial charge in [0.25, 0.3) is 0 Å². The molecule has 1 saturated carbocycles. The van der Waals surface area contributed by atoms with Crippen LogP contribution in [0.4, 0.5) is 0 Å². The predicted molar refractivity (Wildman–Crippen MR) is 73.1 cm³/mol. The maximum absolute atomic E-state index is 11.7. The molecule has 0 spiro atoms. The Morgan fingerprint density at radius 2 is 2.06 bits per heavy atom. The number of ether oxygens (including phenoxy) is 1. The molecule has 0 bridgehead atoms. The van der Waals surface area contributed by atoms with Crippen molar-refractivity contribution in [3.8, 4) is 0 Å². The molecule has 1 rings (SSSR count). The lowest BCUT2D eigenvalue weighted by Gasteiger charge is -2.12. The molecule has 0 aromatic rings. The number of methoxy groups -OCH3 is 1. The second kappa shape index (κ2) is 8.09. The summed E-state index contributed by atoms with van der Waals surface area (Å²) in [5.74, 6) is 0.431. The van der Waals surface area contributed by atoms with Crippen LogP contribution in [-0.2, 0) is 14.8 Å². The summed E-state index contributed by atoms with van der Waals surface area (Å²) in [6.45, 7) is 3.93. The highest BCUT2D eigenvalue weighted by Crippen LogP contribution is 2.18. The van der Waals surface area contributed by atoms with Crippen LogP contribution >= 0.6 is 0 Å². The zero-order chi connectivity index (χ0) is 13.4. The number of hydrogen-bond donors (Lipinski definition) is 2. The van der Waals surface area contributed by atoms with Crippen molar-refractivity contribution in [2.24, 2.45) is 5.92 Å². The Bertz CT molecular complexity index is 315. The van der Waals surface area contributed by atoms with Gasteiger partial charge < -0.3 is 10.1 Å². The molecule has 0 heterocycles. The average Bonchev–Trinajstić information content (AvgIpc) is 3.10. The zero-order valence-electron chi connectivity index (χ0n) is 11.4. The zero-order valence-corrected chi connectivity index (χ0v) is 12.3. The standard InChI is InChI=1S/C12H26N2O3S/c1-11(10-17-2)9-14-18(15,16)8-4-3-7-13-12-5-6-12/h11-14H,3-10H2,1-2H3. The number of hydrogen-bond acceptors (Lipinski definition) is 4. The molecule has 1 fully saturated rings. The Kier molecular flexibility index (Phi) is 7.14. The molecule has 0 amide bonds. The van der Waals surface area contributed by atoms with Crippen LogP contribution in [0.2, 0.25) is 0 Å². The van der Waals surface area contributed by atoms with E-state index in [0.717, 1.165) is 13.0 Å². The molecule has 6 heteroatoms. The van der Waals surface area contributed by atoms with E-state index in [9.17, 15) is 8.42 Å². The number of sulfonamides is 1. The first kappa shape index (κ1) is 15.9. The Morgan fingerprint density at radius 1 is 1.33 bits per heavy atom. The van der Waals surface area contributed by atoms with Gasteiger partial charge in [0.1, 0.15) is 0 Å². The summed E-state index contributed by atoms with van der Waals surface area (Å²) in [5.41, 5.74) is 0. The van der Waals surface area contributed by atoms with Gasteiger partial charge in [-0.2, -0.15) is 0 Å². The Labute approximate surface area is 111 Å². The molecule has 2 N–H and O–H groups in total. The SMILES string of the molecule is COCC(C)CNS(=O)(=O)CCCCNC1CC1. The summed E-state index contributed by atoms with van der Waals surface area (Å²) in [7, 11) is -1.49. The molecule has 0 aromatic heterocycles. The van der Waals surface area contributed by atoms with Crippen LogP contribution in [-0.4, -0.2) is 47.0 Å². The normalized spacial score (nSPS) is 17.9. The topological polar surface area (TPSA) is 67.4 Å². The van der Waals surface area contributed by atoms with Crippen LogP contribution in [0.25, 0.3) is 0 Å².